The van der Waals surface area contributed by atoms with Crippen molar-refractivity contribution in [2.45, 2.75) is 12.8 Å². The number of hydrogen-bond acceptors (Lipinski definition) is 4. The topological polar surface area (TPSA) is 46.1 Å². The van der Waals surface area contributed by atoms with Crippen molar-refractivity contribution in [1.29, 1.82) is 0 Å². The van der Waals surface area contributed by atoms with E-state index in [1.165, 1.54) is 18.3 Å². The Balaban J connectivity index is 1.59. The van der Waals surface area contributed by atoms with Crippen molar-refractivity contribution in [3.8, 4) is 0 Å². The fourth-order valence-corrected chi connectivity index (χ4v) is 3.04. The first-order valence-electron chi connectivity index (χ1n) is 6.53. The molecule has 0 bridgehead atoms. The maximum atomic E-state index is 12.9. The molecule has 1 atom stereocenters. The monoisotopic (exact) mass is 291 g/mol. The maximum Gasteiger partial charge on any atom is 0.267 e. The van der Waals surface area contributed by atoms with E-state index in [-0.39, 0.29) is 11.7 Å². The van der Waals surface area contributed by atoms with Gasteiger partial charge in [0.05, 0.1) is 6.20 Å². The van der Waals surface area contributed by atoms with Gasteiger partial charge in [0.2, 0.25) is 0 Å². The lowest BCUT2D eigenvalue weighted by atomic mass is 9.99. The van der Waals surface area contributed by atoms with Crippen LogP contribution in [0.3, 0.4) is 0 Å². The lowest BCUT2D eigenvalue weighted by Crippen LogP contribution is -2.28. The quantitative estimate of drug-likeness (QED) is 0.872. The van der Waals surface area contributed by atoms with Crippen molar-refractivity contribution in [2.24, 2.45) is 5.92 Å². The van der Waals surface area contributed by atoms with Crippen molar-refractivity contribution in [3.63, 3.8) is 0 Å². The second kappa shape index (κ2) is 5.66. The molecule has 0 radical (unpaired) electrons. The molecule has 0 aliphatic carbocycles. The van der Waals surface area contributed by atoms with Crippen LogP contribution in [0.1, 0.15) is 21.7 Å². The molecule has 0 spiro atoms. The molecule has 104 valence electrons. The molecule has 6 heteroatoms. The molecule has 1 amide bonds. The van der Waals surface area contributed by atoms with E-state index in [0.29, 0.717) is 10.8 Å². The van der Waals surface area contributed by atoms with Gasteiger partial charge in [-0.3, -0.25) is 4.79 Å². The molecular weight excluding hydrogens is 277 g/mol. The van der Waals surface area contributed by atoms with Crippen LogP contribution in [0.5, 0.6) is 0 Å². The van der Waals surface area contributed by atoms with Gasteiger partial charge in [0.25, 0.3) is 5.91 Å². The van der Waals surface area contributed by atoms with Crippen LogP contribution < -0.4 is 0 Å². The Labute approximate surface area is 120 Å². The zero-order chi connectivity index (χ0) is 13.9. The van der Waals surface area contributed by atoms with Crippen molar-refractivity contribution >= 4 is 17.4 Å². The number of benzene rings is 1. The van der Waals surface area contributed by atoms with E-state index in [9.17, 15) is 9.18 Å². The Morgan fingerprint density at radius 3 is 2.90 bits per heavy atom. The number of likely N-dealkylation sites (tertiary alicyclic amines) is 1. The molecule has 3 rings (SSSR count). The number of aromatic nitrogens is 2. The van der Waals surface area contributed by atoms with Crippen LogP contribution in [0.2, 0.25) is 0 Å². The van der Waals surface area contributed by atoms with E-state index < -0.39 is 0 Å². The summed E-state index contributed by atoms with van der Waals surface area (Å²) in [5.74, 6) is 0.238. The summed E-state index contributed by atoms with van der Waals surface area (Å²) in [4.78, 5) is 14.6. The summed E-state index contributed by atoms with van der Waals surface area (Å²) in [5.41, 5.74) is 1.12. The maximum absolute atomic E-state index is 12.9. The molecule has 0 saturated carbocycles. The van der Waals surface area contributed by atoms with Gasteiger partial charge >= 0.3 is 0 Å². The molecule has 1 aromatic heterocycles. The van der Waals surface area contributed by atoms with E-state index in [2.05, 4.69) is 9.59 Å². The van der Waals surface area contributed by atoms with Gasteiger partial charge in [0.15, 0.2) is 0 Å². The second-order valence-corrected chi connectivity index (χ2v) is 5.80. The normalized spacial score (nSPS) is 18.4. The Morgan fingerprint density at radius 2 is 2.20 bits per heavy atom. The number of nitrogens with zero attached hydrogens (tertiary/aromatic N) is 3. The minimum Gasteiger partial charge on any atom is -0.338 e. The third-order valence-corrected chi connectivity index (χ3v) is 4.24. The molecule has 20 heavy (non-hydrogen) atoms. The highest BCUT2D eigenvalue weighted by molar-refractivity contribution is 7.07. The van der Waals surface area contributed by atoms with E-state index in [4.69, 9.17) is 0 Å². The highest BCUT2D eigenvalue weighted by atomic mass is 32.1. The zero-order valence-electron chi connectivity index (χ0n) is 10.8. The van der Waals surface area contributed by atoms with Gasteiger partial charge in [-0.25, -0.2) is 4.39 Å². The SMILES string of the molecule is O=C(c1cnns1)N1CCC(Cc2ccc(F)cc2)C1. The van der Waals surface area contributed by atoms with Crippen molar-refractivity contribution < 1.29 is 9.18 Å². The first kappa shape index (κ1) is 13.2. The van der Waals surface area contributed by atoms with Crippen LogP contribution >= 0.6 is 11.5 Å². The highest BCUT2D eigenvalue weighted by Crippen LogP contribution is 2.23. The van der Waals surface area contributed by atoms with Gasteiger partial charge in [-0.15, -0.1) is 5.10 Å². The Hall–Kier alpha value is -1.82. The predicted octanol–water partition coefficient (Wildman–Crippen LogP) is 2.38. The summed E-state index contributed by atoms with van der Waals surface area (Å²) in [7, 11) is 0. The number of carbonyl (C=O) groups excluding carboxylic acids is 1. The van der Waals surface area contributed by atoms with E-state index >= 15 is 0 Å². The van der Waals surface area contributed by atoms with Gasteiger partial charge in [-0.2, -0.15) is 0 Å². The smallest absolute Gasteiger partial charge is 0.267 e. The summed E-state index contributed by atoms with van der Waals surface area (Å²) in [6, 6.07) is 6.59. The molecule has 1 aliphatic rings. The second-order valence-electron chi connectivity index (χ2n) is 5.02. The van der Waals surface area contributed by atoms with Crippen LogP contribution in [0.25, 0.3) is 0 Å². The van der Waals surface area contributed by atoms with E-state index in [0.717, 1.165) is 43.0 Å². The third-order valence-electron chi connectivity index (χ3n) is 3.58. The van der Waals surface area contributed by atoms with E-state index in [1.807, 2.05) is 17.0 Å². The first-order chi connectivity index (χ1) is 9.72. The van der Waals surface area contributed by atoms with Gasteiger partial charge in [0.1, 0.15) is 10.7 Å². The minimum atomic E-state index is -0.213. The lowest BCUT2D eigenvalue weighted by Gasteiger charge is -2.15. The number of amides is 1. The predicted molar refractivity (Wildman–Crippen MR) is 74.0 cm³/mol. The Kier molecular flexibility index (Phi) is 3.73. The number of carbonyl (C=O) groups is 1. The van der Waals surface area contributed by atoms with Crippen molar-refractivity contribution in [1.82, 2.24) is 14.5 Å². The van der Waals surface area contributed by atoms with Crippen molar-refractivity contribution in [2.75, 3.05) is 13.1 Å². The molecule has 1 saturated heterocycles. The summed E-state index contributed by atoms with van der Waals surface area (Å²) < 4.78 is 16.6. The zero-order valence-corrected chi connectivity index (χ0v) is 11.6. The van der Waals surface area contributed by atoms with Gasteiger partial charge in [0, 0.05) is 13.1 Å². The fraction of sp³-hybridized carbons (Fsp3) is 0.357. The van der Waals surface area contributed by atoms with Gasteiger partial charge < -0.3 is 4.90 Å². The number of halogens is 1. The minimum absolute atomic E-state index is 0.0154. The van der Waals surface area contributed by atoms with Crippen molar-refractivity contribution in [3.05, 3.63) is 46.7 Å². The summed E-state index contributed by atoms with van der Waals surface area (Å²) in [6.07, 6.45) is 3.38. The average Bonchev–Trinajstić information content (AvgIpc) is 3.12. The molecule has 1 unspecified atom stereocenters. The molecule has 1 aliphatic heterocycles. The molecule has 2 heterocycles. The molecule has 0 N–H and O–H groups in total. The van der Waals surface area contributed by atoms with Crippen LogP contribution in [0, 0.1) is 11.7 Å². The lowest BCUT2D eigenvalue weighted by molar-refractivity contribution is 0.0791. The third kappa shape index (κ3) is 2.85. The number of rotatable bonds is 3. The first-order valence-corrected chi connectivity index (χ1v) is 7.31. The van der Waals surface area contributed by atoms with Crippen LogP contribution in [0.4, 0.5) is 4.39 Å². The number of hydrogen-bond donors (Lipinski definition) is 0. The largest absolute Gasteiger partial charge is 0.338 e. The van der Waals surface area contributed by atoms with E-state index in [1.54, 1.807) is 0 Å². The molecule has 1 aromatic carbocycles. The molecule has 1 fully saturated rings. The van der Waals surface area contributed by atoms with Crippen LogP contribution in [-0.2, 0) is 6.42 Å². The molecular formula is C14H14FN3OS. The average molecular weight is 291 g/mol. The Bertz CT molecular complexity index is 585. The summed E-state index contributed by atoms with van der Waals surface area (Å²) in [6.45, 7) is 1.51. The van der Waals surface area contributed by atoms with Crippen LogP contribution in [0.15, 0.2) is 30.5 Å². The van der Waals surface area contributed by atoms with Gasteiger partial charge in [-0.05, 0) is 48.0 Å². The molecule has 2 aromatic rings. The summed E-state index contributed by atoms with van der Waals surface area (Å²) in [5, 5.41) is 3.70. The standard InChI is InChI=1S/C14H14FN3OS/c15-12-3-1-10(2-4-12)7-11-5-6-18(9-11)14(19)13-8-16-17-20-13/h1-4,8,11H,5-7,9H2. The van der Waals surface area contributed by atoms with Gasteiger partial charge in [-0.1, -0.05) is 16.6 Å². The molecule has 4 nitrogen and oxygen atoms in total. The fourth-order valence-electron chi connectivity index (χ4n) is 2.55. The highest BCUT2D eigenvalue weighted by Gasteiger charge is 2.27. The summed E-state index contributed by atoms with van der Waals surface area (Å²) >= 11 is 1.13. The van der Waals surface area contributed by atoms with Crippen LogP contribution in [-0.4, -0.2) is 33.5 Å². The Morgan fingerprint density at radius 1 is 1.40 bits per heavy atom.